The van der Waals surface area contributed by atoms with Crippen LogP contribution in [0.1, 0.15) is 75.7 Å². The number of amides is 3. The molecule has 0 radical (unpaired) electrons. The third kappa shape index (κ3) is 9.73. The van der Waals surface area contributed by atoms with E-state index in [1.807, 2.05) is 11.8 Å². The standard InChI is InChI=1S/C32H40Cl2N4O6S/c1-5-43-30(41)25(14-19-10-12-20(13-11-19)36-29(40)27-23(33)16-35-17-24(27)34)37-28(39)26-15-22(45-21-8-6-7-9-21)18-38(26)31(42)44-32(2,3)4/h10-13,16-17,21-22,25-26H,5-9,14-15,18H2,1-4H3,(H,36,40)(H,37,39)/t22?,25?,26-/m0/s1. The molecule has 0 bridgehead atoms. The van der Waals surface area contributed by atoms with Gasteiger partial charge in [0.2, 0.25) is 5.91 Å². The lowest BCUT2D eigenvalue weighted by Gasteiger charge is -2.29. The highest BCUT2D eigenvalue weighted by Crippen LogP contribution is 2.38. The molecule has 2 unspecified atom stereocenters. The first-order valence-electron chi connectivity index (χ1n) is 15.2. The van der Waals surface area contributed by atoms with Gasteiger partial charge in [-0.05, 0) is 64.7 Å². The number of nitrogens with one attached hydrogen (secondary N) is 2. The lowest BCUT2D eigenvalue weighted by molar-refractivity contribution is -0.147. The Morgan fingerprint density at radius 1 is 1.04 bits per heavy atom. The Morgan fingerprint density at radius 2 is 1.69 bits per heavy atom. The summed E-state index contributed by atoms with van der Waals surface area (Å²) in [5, 5.41) is 6.47. The number of hydrogen-bond acceptors (Lipinski definition) is 8. The second-order valence-electron chi connectivity index (χ2n) is 12.2. The normalized spacial score (nSPS) is 19.2. The highest BCUT2D eigenvalue weighted by Gasteiger charge is 2.43. The number of aromatic nitrogens is 1. The number of nitrogens with zero attached hydrogens (tertiary/aromatic N) is 2. The summed E-state index contributed by atoms with van der Waals surface area (Å²) in [4.78, 5) is 58.0. The van der Waals surface area contributed by atoms with Gasteiger partial charge in [-0.25, -0.2) is 9.59 Å². The zero-order chi connectivity index (χ0) is 32.7. The van der Waals surface area contributed by atoms with Gasteiger partial charge in [-0.3, -0.25) is 19.5 Å². The second kappa shape index (κ2) is 15.5. The SMILES string of the molecule is CCOC(=O)C(Cc1ccc(NC(=O)c2c(Cl)cncc2Cl)cc1)NC(=O)[C@@H]1CC(SC2CCCC2)CN1C(=O)OC(C)(C)C. The first-order chi connectivity index (χ1) is 21.3. The van der Waals surface area contributed by atoms with Crippen molar-refractivity contribution >= 4 is 64.5 Å². The Kier molecular flexibility index (Phi) is 12.0. The Labute approximate surface area is 278 Å². The summed E-state index contributed by atoms with van der Waals surface area (Å²) >= 11 is 14.1. The van der Waals surface area contributed by atoms with Crippen molar-refractivity contribution in [2.45, 2.75) is 94.4 Å². The van der Waals surface area contributed by atoms with Crippen molar-refractivity contribution in [1.29, 1.82) is 0 Å². The summed E-state index contributed by atoms with van der Waals surface area (Å²) < 4.78 is 10.9. The molecule has 2 heterocycles. The molecule has 13 heteroatoms. The molecule has 3 amide bonds. The first kappa shape index (κ1) is 34.8. The molecule has 1 aliphatic heterocycles. The molecule has 1 saturated carbocycles. The maximum absolute atomic E-state index is 13.7. The molecular weight excluding hydrogens is 639 g/mol. The van der Waals surface area contributed by atoms with Gasteiger partial charge >= 0.3 is 12.1 Å². The first-order valence-corrected chi connectivity index (χ1v) is 16.9. The highest BCUT2D eigenvalue weighted by molar-refractivity contribution is 8.00. The lowest BCUT2D eigenvalue weighted by Crippen LogP contribution is -2.52. The van der Waals surface area contributed by atoms with Crippen molar-refractivity contribution in [2.75, 3.05) is 18.5 Å². The van der Waals surface area contributed by atoms with Gasteiger partial charge in [-0.1, -0.05) is 48.2 Å². The summed E-state index contributed by atoms with van der Waals surface area (Å²) in [6, 6.07) is 5.05. The van der Waals surface area contributed by atoms with Gasteiger partial charge in [0.1, 0.15) is 17.7 Å². The van der Waals surface area contributed by atoms with Crippen LogP contribution < -0.4 is 10.6 Å². The van der Waals surface area contributed by atoms with Gasteiger partial charge in [-0.15, -0.1) is 0 Å². The third-order valence-electron chi connectivity index (χ3n) is 7.50. The topological polar surface area (TPSA) is 127 Å². The summed E-state index contributed by atoms with van der Waals surface area (Å²) in [5.41, 5.74) is 0.592. The number of ether oxygens (including phenoxy) is 2. The molecule has 1 aromatic heterocycles. The number of benzene rings is 1. The van der Waals surface area contributed by atoms with E-state index in [4.69, 9.17) is 32.7 Å². The van der Waals surface area contributed by atoms with Crippen molar-refractivity contribution < 1.29 is 28.7 Å². The van der Waals surface area contributed by atoms with Gasteiger partial charge < -0.3 is 20.1 Å². The van der Waals surface area contributed by atoms with Gasteiger partial charge in [0, 0.05) is 41.5 Å². The van der Waals surface area contributed by atoms with E-state index in [0.29, 0.717) is 23.9 Å². The molecule has 4 rings (SSSR count). The summed E-state index contributed by atoms with van der Waals surface area (Å²) in [7, 11) is 0. The maximum atomic E-state index is 13.7. The molecule has 1 aromatic carbocycles. The van der Waals surface area contributed by atoms with Crippen LogP contribution in [0.4, 0.5) is 10.5 Å². The maximum Gasteiger partial charge on any atom is 0.411 e. The number of likely N-dealkylation sites (tertiary alicyclic amines) is 1. The van der Waals surface area contributed by atoms with Crippen molar-refractivity contribution in [3.63, 3.8) is 0 Å². The Hall–Kier alpha value is -3.02. The number of thioether (sulfide) groups is 1. The number of halogens is 2. The van der Waals surface area contributed by atoms with Crippen molar-refractivity contribution in [3.8, 4) is 0 Å². The largest absolute Gasteiger partial charge is 0.464 e. The molecule has 2 aliphatic rings. The minimum atomic E-state index is -0.991. The van der Waals surface area contributed by atoms with Crippen LogP contribution in [0.5, 0.6) is 0 Å². The number of carbonyl (C=O) groups is 4. The lowest BCUT2D eigenvalue weighted by atomic mass is 10.0. The Bertz CT molecular complexity index is 1360. The fourth-order valence-corrected chi connectivity index (χ4v) is 7.68. The number of rotatable bonds is 10. The minimum absolute atomic E-state index is 0.0945. The average Bonchev–Trinajstić information content (AvgIpc) is 3.63. The number of pyridine rings is 1. The van der Waals surface area contributed by atoms with Crippen LogP contribution in [-0.2, 0) is 25.5 Å². The van der Waals surface area contributed by atoms with E-state index in [1.54, 1.807) is 52.0 Å². The van der Waals surface area contributed by atoms with Crippen molar-refractivity contribution in [2.24, 2.45) is 0 Å². The van der Waals surface area contributed by atoms with E-state index in [0.717, 1.165) is 18.4 Å². The molecule has 2 aromatic rings. The number of hydrogen-bond donors (Lipinski definition) is 2. The van der Waals surface area contributed by atoms with Gasteiger partial charge in [0.15, 0.2) is 0 Å². The summed E-state index contributed by atoms with van der Waals surface area (Å²) in [6.07, 6.45) is 7.42. The van der Waals surface area contributed by atoms with Crippen LogP contribution in [-0.4, -0.2) is 75.1 Å². The highest BCUT2D eigenvalue weighted by atomic mass is 35.5. The van der Waals surface area contributed by atoms with E-state index < -0.39 is 41.6 Å². The van der Waals surface area contributed by atoms with E-state index in [9.17, 15) is 19.2 Å². The van der Waals surface area contributed by atoms with Crippen LogP contribution in [0, 0.1) is 0 Å². The molecule has 244 valence electrons. The van der Waals surface area contributed by atoms with Crippen LogP contribution in [0.25, 0.3) is 0 Å². The van der Waals surface area contributed by atoms with Crippen molar-refractivity contribution in [1.82, 2.24) is 15.2 Å². The fraction of sp³-hybridized carbons (Fsp3) is 0.531. The molecule has 0 spiro atoms. The van der Waals surface area contributed by atoms with E-state index >= 15 is 0 Å². The summed E-state index contributed by atoms with van der Waals surface area (Å²) in [5.74, 6) is -1.50. The monoisotopic (exact) mass is 678 g/mol. The predicted octanol–water partition coefficient (Wildman–Crippen LogP) is 6.28. The molecule has 3 atom stereocenters. The fourth-order valence-electron chi connectivity index (χ4n) is 5.45. The Morgan fingerprint density at radius 3 is 2.29 bits per heavy atom. The quantitative estimate of drug-likeness (QED) is 0.281. The van der Waals surface area contributed by atoms with Gasteiger partial charge in [0.05, 0.1) is 22.2 Å². The number of esters is 1. The van der Waals surface area contributed by atoms with E-state index in [1.165, 1.54) is 30.1 Å². The predicted molar refractivity (Wildman–Crippen MR) is 176 cm³/mol. The molecule has 45 heavy (non-hydrogen) atoms. The minimum Gasteiger partial charge on any atom is -0.464 e. The molecule has 2 N–H and O–H groups in total. The zero-order valence-electron chi connectivity index (χ0n) is 25.9. The smallest absolute Gasteiger partial charge is 0.411 e. The van der Waals surface area contributed by atoms with Gasteiger partial charge in [-0.2, -0.15) is 11.8 Å². The van der Waals surface area contributed by atoms with Gasteiger partial charge in [0.25, 0.3) is 5.91 Å². The van der Waals surface area contributed by atoms with Crippen LogP contribution in [0.3, 0.4) is 0 Å². The molecule has 2 fully saturated rings. The summed E-state index contributed by atoms with van der Waals surface area (Å²) in [6.45, 7) is 7.61. The van der Waals surface area contributed by atoms with E-state index in [2.05, 4.69) is 15.6 Å². The average molecular weight is 680 g/mol. The third-order valence-corrected chi connectivity index (χ3v) is 9.66. The zero-order valence-corrected chi connectivity index (χ0v) is 28.3. The van der Waals surface area contributed by atoms with Crippen LogP contribution in [0.2, 0.25) is 10.0 Å². The number of carbonyl (C=O) groups excluding carboxylic acids is 4. The number of anilines is 1. The molecule has 1 saturated heterocycles. The van der Waals surface area contributed by atoms with Crippen LogP contribution in [0.15, 0.2) is 36.7 Å². The second-order valence-corrected chi connectivity index (χ2v) is 14.6. The van der Waals surface area contributed by atoms with Crippen LogP contribution >= 0.6 is 35.0 Å². The molecular formula is C32H40Cl2N4O6S. The molecule has 1 aliphatic carbocycles. The van der Waals surface area contributed by atoms with Crippen molar-refractivity contribution in [3.05, 3.63) is 57.8 Å². The van der Waals surface area contributed by atoms with E-state index in [-0.39, 0.29) is 33.9 Å². The Balaban J connectivity index is 1.46. The molecule has 10 nitrogen and oxygen atoms in total.